The predicted molar refractivity (Wildman–Crippen MR) is 101 cm³/mol. The van der Waals surface area contributed by atoms with Gasteiger partial charge < -0.3 is 10.6 Å². The van der Waals surface area contributed by atoms with Crippen molar-refractivity contribution in [3.05, 3.63) is 71.4 Å². The van der Waals surface area contributed by atoms with Gasteiger partial charge in [0, 0.05) is 23.0 Å². The molecule has 128 valence electrons. The number of aromatic nitrogens is 2. The summed E-state index contributed by atoms with van der Waals surface area (Å²) in [5.41, 5.74) is 3.42. The van der Waals surface area contributed by atoms with Gasteiger partial charge in [-0.15, -0.1) is 0 Å². The summed E-state index contributed by atoms with van der Waals surface area (Å²) in [7, 11) is 0. The minimum Gasteiger partial charge on any atom is -0.340 e. The summed E-state index contributed by atoms with van der Waals surface area (Å²) in [6.07, 6.45) is 0. The predicted octanol–water partition coefficient (Wildman–Crippen LogP) is 4.35. The van der Waals surface area contributed by atoms with E-state index in [1.165, 1.54) is 6.92 Å². The van der Waals surface area contributed by atoms with Gasteiger partial charge in [-0.2, -0.15) is 10.2 Å². The Morgan fingerprint density at radius 2 is 1.77 bits per heavy atom. The van der Waals surface area contributed by atoms with Gasteiger partial charge in [0.1, 0.15) is 11.9 Å². The molecular formula is C20H17N5O. The molecule has 1 heterocycles. The Labute approximate surface area is 151 Å². The number of carbonyl (C=O) groups is 1. The van der Waals surface area contributed by atoms with Crippen molar-refractivity contribution in [3.63, 3.8) is 0 Å². The molecule has 3 rings (SSSR count). The van der Waals surface area contributed by atoms with E-state index < -0.39 is 0 Å². The van der Waals surface area contributed by atoms with Crippen molar-refractivity contribution in [3.8, 4) is 6.07 Å². The van der Waals surface area contributed by atoms with Gasteiger partial charge in [-0.25, -0.2) is 4.98 Å². The Bertz CT molecular complexity index is 990. The smallest absolute Gasteiger partial charge is 0.229 e. The van der Waals surface area contributed by atoms with Crippen molar-refractivity contribution in [1.82, 2.24) is 9.97 Å². The van der Waals surface area contributed by atoms with Gasteiger partial charge in [-0.1, -0.05) is 12.1 Å². The Morgan fingerprint density at radius 3 is 2.46 bits per heavy atom. The van der Waals surface area contributed by atoms with E-state index >= 15 is 0 Å². The van der Waals surface area contributed by atoms with Crippen molar-refractivity contribution < 1.29 is 4.79 Å². The number of ketones is 1. The lowest BCUT2D eigenvalue weighted by Crippen LogP contribution is -2.03. The minimum absolute atomic E-state index is 0.0251. The highest BCUT2D eigenvalue weighted by molar-refractivity contribution is 5.94. The second-order valence-electron chi connectivity index (χ2n) is 5.76. The molecule has 0 amide bonds. The zero-order chi connectivity index (χ0) is 18.5. The SMILES string of the molecule is CC(=O)c1ccc(Nc2cc(C)nc(Nc3ccccc3C#N)n2)cc1. The second-order valence-corrected chi connectivity index (χ2v) is 5.76. The third-order valence-electron chi connectivity index (χ3n) is 3.71. The molecule has 2 N–H and O–H groups in total. The average Bonchev–Trinajstić information content (AvgIpc) is 2.62. The van der Waals surface area contributed by atoms with Gasteiger partial charge >= 0.3 is 0 Å². The lowest BCUT2D eigenvalue weighted by molar-refractivity contribution is 0.101. The van der Waals surface area contributed by atoms with Crippen LogP contribution in [0.4, 0.5) is 23.1 Å². The van der Waals surface area contributed by atoms with Crippen molar-refractivity contribution in [2.24, 2.45) is 0 Å². The Hall–Kier alpha value is -3.72. The number of para-hydroxylation sites is 1. The lowest BCUT2D eigenvalue weighted by atomic mass is 10.1. The summed E-state index contributed by atoms with van der Waals surface area (Å²) in [4.78, 5) is 20.2. The molecule has 26 heavy (non-hydrogen) atoms. The molecule has 6 nitrogen and oxygen atoms in total. The molecule has 0 aliphatic carbocycles. The summed E-state index contributed by atoms with van der Waals surface area (Å²) in [5.74, 6) is 1.04. The standard InChI is InChI=1S/C20H17N5O/c1-13-11-19(23-17-9-7-15(8-10-17)14(2)26)25-20(22-13)24-18-6-4-3-5-16(18)12-21/h3-11H,1-2H3,(H2,22,23,24,25). The fourth-order valence-corrected chi connectivity index (χ4v) is 2.43. The van der Waals surface area contributed by atoms with Crippen LogP contribution in [0.25, 0.3) is 0 Å². The summed E-state index contributed by atoms with van der Waals surface area (Å²) < 4.78 is 0. The topological polar surface area (TPSA) is 90.7 Å². The largest absolute Gasteiger partial charge is 0.340 e. The van der Waals surface area contributed by atoms with Gasteiger partial charge in [0.2, 0.25) is 5.95 Å². The van der Waals surface area contributed by atoms with Gasteiger partial charge in [-0.05, 0) is 50.2 Å². The molecule has 1 aromatic heterocycles. The number of aryl methyl sites for hydroxylation is 1. The highest BCUT2D eigenvalue weighted by Gasteiger charge is 2.07. The summed E-state index contributed by atoms with van der Waals surface area (Å²) >= 11 is 0. The lowest BCUT2D eigenvalue weighted by Gasteiger charge is -2.11. The molecule has 0 saturated heterocycles. The third-order valence-corrected chi connectivity index (χ3v) is 3.71. The maximum absolute atomic E-state index is 11.4. The summed E-state index contributed by atoms with van der Waals surface area (Å²) in [6.45, 7) is 3.40. The van der Waals surface area contributed by atoms with Crippen LogP contribution in [-0.4, -0.2) is 15.8 Å². The number of hydrogen-bond donors (Lipinski definition) is 2. The fourth-order valence-electron chi connectivity index (χ4n) is 2.43. The number of Topliss-reactive ketones (excluding diaryl/α,β-unsaturated/α-hetero) is 1. The normalized spacial score (nSPS) is 10.0. The van der Waals surface area contributed by atoms with Crippen LogP contribution in [0, 0.1) is 18.3 Å². The highest BCUT2D eigenvalue weighted by atomic mass is 16.1. The van der Waals surface area contributed by atoms with Crippen molar-refractivity contribution in [2.75, 3.05) is 10.6 Å². The molecular weight excluding hydrogens is 326 g/mol. The van der Waals surface area contributed by atoms with Crippen LogP contribution in [-0.2, 0) is 0 Å². The maximum Gasteiger partial charge on any atom is 0.229 e. The molecule has 2 aromatic carbocycles. The fraction of sp³-hybridized carbons (Fsp3) is 0.100. The Morgan fingerprint density at radius 1 is 1.04 bits per heavy atom. The van der Waals surface area contributed by atoms with E-state index in [2.05, 4.69) is 26.7 Å². The minimum atomic E-state index is 0.0251. The van der Waals surface area contributed by atoms with E-state index in [-0.39, 0.29) is 5.78 Å². The molecule has 0 atom stereocenters. The molecule has 0 aliphatic heterocycles. The van der Waals surface area contributed by atoms with Crippen LogP contribution in [0.2, 0.25) is 0 Å². The number of nitrogens with one attached hydrogen (secondary N) is 2. The molecule has 0 aliphatic rings. The quantitative estimate of drug-likeness (QED) is 0.669. The second kappa shape index (κ2) is 7.45. The van der Waals surface area contributed by atoms with E-state index in [1.807, 2.05) is 31.2 Å². The number of benzene rings is 2. The van der Waals surface area contributed by atoms with Crippen LogP contribution < -0.4 is 10.6 Å². The van der Waals surface area contributed by atoms with E-state index in [0.717, 1.165) is 11.4 Å². The molecule has 0 bridgehead atoms. The van der Waals surface area contributed by atoms with Gasteiger partial charge in [0.05, 0.1) is 11.3 Å². The van der Waals surface area contributed by atoms with E-state index in [4.69, 9.17) is 0 Å². The molecule has 0 fully saturated rings. The molecule has 0 saturated carbocycles. The third kappa shape index (κ3) is 4.02. The zero-order valence-electron chi connectivity index (χ0n) is 14.4. The van der Waals surface area contributed by atoms with Crippen molar-refractivity contribution >= 4 is 28.9 Å². The maximum atomic E-state index is 11.4. The first-order chi connectivity index (χ1) is 12.5. The van der Waals surface area contributed by atoms with Crippen LogP contribution in [0.1, 0.15) is 28.5 Å². The first kappa shape index (κ1) is 17.1. The van der Waals surface area contributed by atoms with Crippen LogP contribution in [0.15, 0.2) is 54.6 Å². The average molecular weight is 343 g/mol. The first-order valence-corrected chi connectivity index (χ1v) is 8.05. The molecule has 3 aromatic rings. The van der Waals surface area contributed by atoms with Gasteiger partial charge in [-0.3, -0.25) is 4.79 Å². The Balaban J connectivity index is 1.83. The first-order valence-electron chi connectivity index (χ1n) is 8.05. The summed E-state index contributed by atoms with van der Waals surface area (Å²) in [6, 6.07) is 18.3. The zero-order valence-corrected chi connectivity index (χ0v) is 14.4. The molecule has 0 unspecified atom stereocenters. The Kier molecular flexibility index (Phi) is 4.90. The van der Waals surface area contributed by atoms with E-state index in [0.29, 0.717) is 28.6 Å². The number of hydrogen-bond acceptors (Lipinski definition) is 6. The molecule has 0 radical (unpaired) electrons. The van der Waals surface area contributed by atoms with Crippen LogP contribution in [0.3, 0.4) is 0 Å². The van der Waals surface area contributed by atoms with Crippen molar-refractivity contribution in [1.29, 1.82) is 5.26 Å². The molecule has 0 spiro atoms. The van der Waals surface area contributed by atoms with Crippen LogP contribution >= 0.6 is 0 Å². The number of anilines is 4. The van der Waals surface area contributed by atoms with E-state index in [1.54, 1.807) is 30.3 Å². The number of carbonyl (C=O) groups excluding carboxylic acids is 1. The summed E-state index contributed by atoms with van der Waals surface area (Å²) in [5, 5.41) is 15.5. The van der Waals surface area contributed by atoms with Gasteiger partial charge in [0.25, 0.3) is 0 Å². The highest BCUT2D eigenvalue weighted by Crippen LogP contribution is 2.21. The van der Waals surface area contributed by atoms with Gasteiger partial charge in [0.15, 0.2) is 5.78 Å². The number of nitrogens with zero attached hydrogens (tertiary/aromatic N) is 3. The van der Waals surface area contributed by atoms with Crippen molar-refractivity contribution in [2.45, 2.75) is 13.8 Å². The monoisotopic (exact) mass is 343 g/mol. The van der Waals surface area contributed by atoms with Crippen LogP contribution in [0.5, 0.6) is 0 Å². The van der Waals surface area contributed by atoms with E-state index in [9.17, 15) is 10.1 Å². The number of nitriles is 1. The number of rotatable bonds is 5. The molecule has 6 heteroatoms.